The molecule has 2 aromatic carbocycles. The van der Waals surface area contributed by atoms with Crippen molar-refractivity contribution in [2.45, 2.75) is 4.90 Å². The number of aromatic amines is 1. The molecule has 2 heterocycles. The first kappa shape index (κ1) is 18.1. The van der Waals surface area contributed by atoms with E-state index in [0.29, 0.717) is 30.3 Å². The molecule has 1 aromatic heterocycles. The van der Waals surface area contributed by atoms with Crippen LogP contribution in [0.3, 0.4) is 0 Å². The van der Waals surface area contributed by atoms with Crippen molar-refractivity contribution in [3.05, 3.63) is 65.0 Å². The van der Waals surface area contributed by atoms with Crippen LogP contribution in [-0.2, 0) is 4.79 Å². The monoisotopic (exact) mass is 395 g/mol. The van der Waals surface area contributed by atoms with E-state index in [1.807, 2.05) is 42.5 Å². The van der Waals surface area contributed by atoms with Crippen molar-refractivity contribution in [3.63, 3.8) is 0 Å². The van der Waals surface area contributed by atoms with Gasteiger partial charge in [-0.3, -0.25) is 9.59 Å². The van der Waals surface area contributed by atoms with E-state index in [4.69, 9.17) is 9.47 Å². The van der Waals surface area contributed by atoms with E-state index in [0.717, 1.165) is 16.2 Å². The Morgan fingerprint density at radius 3 is 2.75 bits per heavy atom. The Bertz CT molecular complexity index is 1050. The molecular formula is C20H17N3O4S. The van der Waals surface area contributed by atoms with Crippen LogP contribution in [0.4, 0.5) is 5.69 Å². The molecule has 0 radical (unpaired) electrons. The van der Waals surface area contributed by atoms with Crippen LogP contribution in [-0.4, -0.2) is 35.1 Å². The maximum atomic E-state index is 12.3. The van der Waals surface area contributed by atoms with Crippen molar-refractivity contribution >= 4 is 23.4 Å². The van der Waals surface area contributed by atoms with Crippen LogP contribution in [0.2, 0.25) is 0 Å². The summed E-state index contributed by atoms with van der Waals surface area (Å²) in [6.07, 6.45) is 0. The number of hydrogen-bond acceptors (Lipinski definition) is 6. The van der Waals surface area contributed by atoms with Crippen molar-refractivity contribution in [1.82, 2.24) is 10.2 Å². The average molecular weight is 395 g/mol. The number of nitrogens with zero attached hydrogens (tertiary/aromatic N) is 1. The van der Waals surface area contributed by atoms with E-state index in [1.165, 1.54) is 17.8 Å². The summed E-state index contributed by atoms with van der Waals surface area (Å²) in [6, 6.07) is 16.0. The Kier molecular flexibility index (Phi) is 5.29. The minimum absolute atomic E-state index is 0.119. The molecule has 0 saturated carbocycles. The van der Waals surface area contributed by atoms with E-state index in [1.54, 1.807) is 6.07 Å². The molecule has 8 heteroatoms. The van der Waals surface area contributed by atoms with Gasteiger partial charge in [-0.2, -0.15) is 5.10 Å². The van der Waals surface area contributed by atoms with Crippen molar-refractivity contribution < 1.29 is 14.3 Å². The molecule has 0 saturated heterocycles. The number of carbonyl (C=O) groups is 1. The Morgan fingerprint density at radius 2 is 1.93 bits per heavy atom. The smallest absolute Gasteiger partial charge is 0.264 e. The van der Waals surface area contributed by atoms with Gasteiger partial charge in [-0.1, -0.05) is 12.1 Å². The lowest BCUT2D eigenvalue weighted by Crippen LogP contribution is -2.15. The summed E-state index contributed by atoms with van der Waals surface area (Å²) in [5.74, 6) is 1.58. The number of carbonyl (C=O) groups excluding carboxylic acids is 1. The number of aromatic nitrogens is 2. The largest absolute Gasteiger partial charge is 0.486 e. The fourth-order valence-corrected chi connectivity index (χ4v) is 3.45. The fourth-order valence-electron chi connectivity index (χ4n) is 2.72. The fraction of sp³-hybridized carbons (Fsp3) is 0.150. The molecule has 142 valence electrons. The summed E-state index contributed by atoms with van der Waals surface area (Å²) in [7, 11) is 0. The van der Waals surface area contributed by atoms with Crippen LogP contribution >= 0.6 is 11.8 Å². The minimum Gasteiger partial charge on any atom is -0.486 e. The Balaban J connectivity index is 1.38. The van der Waals surface area contributed by atoms with E-state index in [9.17, 15) is 9.59 Å². The molecule has 0 bridgehead atoms. The third kappa shape index (κ3) is 4.34. The van der Waals surface area contributed by atoms with Gasteiger partial charge in [0, 0.05) is 22.2 Å². The number of nitrogens with one attached hydrogen (secondary N) is 2. The Labute approximate surface area is 165 Å². The van der Waals surface area contributed by atoms with Crippen LogP contribution in [0.5, 0.6) is 11.5 Å². The van der Waals surface area contributed by atoms with Crippen molar-refractivity contribution in [1.29, 1.82) is 0 Å². The third-order valence-corrected chi connectivity index (χ3v) is 5.00. The van der Waals surface area contributed by atoms with Gasteiger partial charge in [0.05, 0.1) is 11.4 Å². The van der Waals surface area contributed by atoms with Crippen LogP contribution in [0, 0.1) is 0 Å². The molecule has 1 aliphatic rings. The van der Waals surface area contributed by atoms with Gasteiger partial charge < -0.3 is 14.8 Å². The lowest BCUT2D eigenvalue weighted by atomic mass is 10.1. The van der Waals surface area contributed by atoms with Gasteiger partial charge in [0.15, 0.2) is 11.5 Å². The molecule has 2 N–H and O–H groups in total. The maximum Gasteiger partial charge on any atom is 0.264 e. The van der Waals surface area contributed by atoms with Gasteiger partial charge in [0.25, 0.3) is 5.56 Å². The van der Waals surface area contributed by atoms with E-state index < -0.39 is 0 Å². The van der Waals surface area contributed by atoms with Gasteiger partial charge in [-0.05, 0) is 36.4 Å². The maximum absolute atomic E-state index is 12.3. The molecule has 3 aromatic rings. The number of hydrogen-bond donors (Lipinski definition) is 2. The normalized spacial score (nSPS) is 12.4. The first-order chi connectivity index (χ1) is 13.7. The van der Waals surface area contributed by atoms with Crippen LogP contribution in [0.15, 0.2) is 64.3 Å². The molecule has 1 aliphatic heterocycles. The zero-order valence-corrected chi connectivity index (χ0v) is 15.6. The number of amides is 1. The Hall–Kier alpha value is -3.26. The second-order valence-corrected chi connectivity index (χ2v) is 7.08. The van der Waals surface area contributed by atoms with Crippen molar-refractivity contribution in [3.8, 4) is 22.8 Å². The SMILES string of the molecule is O=C(CSc1ccc2c(c1)OCCO2)Nc1cccc(-c2ccc(=O)[nH]n2)c1. The number of ether oxygens (including phenoxy) is 2. The molecule has 0 fully saturated rings. The van der Waals surface area contributed by atoms with E-state index in [2.05, 4.69) is 15.5 Å². The number of benzene rings is 2. The number of H-pyrrole nitrogens is 1. The predicted molar refractivity (Wildman–Crippen MR) is 107 cm³/mol. The molecule has 0 unspecified atom stereocenters. The molecule has 1 amide bonds. The summed E-state index contributed by atoms with van der Waals surface area (Å²) in [5, 5.41) is 9.29. The molecular weight excluding hydrogens is 378 g/mol. The lowest BCUT2D eigenvalue weighted by molar-refractivity contribution is -0.113. The zero-order chi connectivity index (χ0) is 19.3. The average Bonchev–Trinajstić information content (AvgIpc) is 2.73. The van der Waals surface area contributed by atoms with Crippen molar-refractivity contribution in [2.24, 2.45) is 0 Å². The highest BCUT2D eigenvalue weighted by molar-refractivity contribution is 8.00. The number of fused-ring (bicyclic) bond motifs is 1. The highest BCUT2D eigenvalue weighted by atomic mass is 32.2. The van der Waals surface area contributed by atoms with Crippen LogP contribution in [0.25, 0.3) is 11.3 Å². The minimum atomic E-state index is -0.260. The molecule has 0 spiro atoms. The quantitative estimate of drug-likeness (QED) is 0.645. The zero-order valence-electron chi connectivity index (χ0n) is 14.8. The second-order valence-electron chi connectivity index (χ2n) is 6.03. The lowest BCUT2D eigenvalue weighted by Gasteiger charge is -2.18. The first-order valence-corrected chi connectivity index (χ1v) is 9.64. The highest BCUT2D eigenvalue weighted by Crippen LogP contribution is 2.34. The topological polar surface area (TPSA) is 93.3 Å². The second kappa shape index (κ2) is 8.18. The van der Waals surface area contributed by atoms with Gasteiger partial charge >= 0.3 is 0 Å². The Morgan fingerprint density at radius 1 is 1.07 bits per heavy atom. The summed E-state index contributed by atoms with van der Waals surface area (Å²) in [5.41, 5.74) is 1.83. The molecule has 4 rings (SSSR count). The van der Waals surface area contributed by atoms with Crippen LogP contribution < -0.4 is 20.3 Å². The molecule has 0 atom stereocenters. The van der Waals surface area contributed by atoms with Gasteiger partial charge in [0.2, 0.25) is 5.91 Å². The molecule has 7 nitrogen and oxygen atoms in total. The van der Waals surface area contributed by atoms with Crippen molar-refractivity contribution in [2.75, 3.05) is 24.3 Å². The van der Waals surface area contributed by atoms with Gasteiger partial charge in [0.1, 0.15) is 13.2 Å². The summed E-state index contributed by atoms with van der Waals surface area (Å²) < 4.78 is 11.1. The van der Waals surface area contributed by atoms with Gasteiger partial charge in [-0.15, -0.1) is 11.8 Å². The molecule has 0 aliphatic carbocycles. The van der Waals surface area contributed by atoms with Crippen LogP contribution in [0.1, 0.15) is 0 Å². The third-order valence-electron chi connectivity index (χ3n) is 4.00. The standard InChI is InChI=1S/C20H17N3O4S/c24-19-7-5-16(22-23-19)13-2-1-3-14(10-13)21-20(25)12-28-15-4-6-17-18(11-15)27-9-8-26-17/h1-7,10-11H,8-9,12H2,(H,21,25)(H,23,24). The summed E-state index contributed by atoms with van der Waals surface area (Å²) in [4.78, 5) is 24.4. The summed E-state index contributed by atoms with van der Waals surface area (Å²) >= 11 is 1.42. The van der Waals surface area contributed by atoms with E-state index >= 15 is 0 Å². The number of anilines is 1. The predicted octanol–water partition coefficient (Wildman–Crippen LogP) is 2.94. The molecule has 28 heavy (non-hydrogen) atoms. The summed E-state index contributed by atoms with van der Waals surface area (Å²) in [6.45, 7) is 1.08. The number of thioether (sulfide) groups is 1. The highest BCUT2D eigenvalue weighted by Gasteiger charge is 2.13. The van der Waals surface area contributed by atoms with Gasteiger partial charge in [-0.25, -0.2) is 5.10 Å². The first-order valence-electron chi connectivity index (χ1n) is 8.66. The van der Waals surface area contributed by atoms with E-state index in [-0.39, 0.29) is 17.2 Å². The number of rotatable bonds is 5.